The van der Waals surface area contributed by atoms with Crippen molar-refractivity contribution in [3.8, 4) is 5.75 Å². The third-order valence-corrected chi connectivity index (χ3v) is 3.08. The second-order valence-electron chi connectivity index (χ2n) is 5.52. The van der Waals surface area contributed by atoms with Gasteiger partial charge in [0, 0.05) is 6.54 Å². The van der Waals surface area contributed by atoms with Crippen molar-refractivity contribution in [3.05, 3.63) is 29.3 Å². The SMILES string of the molecule is Cc1cc([C@@H](C)O)ccc1OCC(=O)NCCC(C)C. The van der Waals surface area contributed by atoms with E-state index in [-0.39, 0.29) is 12.5 Å². The molecule has 20 heavy (non-hydrogen) atoms. The van der Waals surface area contributed by atoms with E-state index in [9.17, 15) is 9.90 Å². The molecule has 0 radical (unpaired) electrons. The first-order valence-corrected chi connectivity index (χ1v) is 7.08. The summed E-state index contributed by atoms with van der Waals surface area (Å²) in [5.74, 6) is 1.14. The number of nitrogens with one attached hydrogen (secondary N) is 1. The zero-order valence-corrected chi connectivity index (χ0v) is 12.8. The molecular formula is C16H25NO3. The maximum absolute atomic E-state index is 11.6. The fraction of sp³-hybridized carbons (Fsp3) is 0.562. The maximum atomic E-state index is 11.6. The monoisotopic (exact) mass is 279 g/mol. The number of ether oxygens (including phenoxy) is 1. The molecule has 0 saturated heterocycles. The van der Waals surface area contributed by atoms with E-state index in [1.54, 1.807) is 13.0 Å². The van der Waals surface area contributed by atoms with Gasteiger partial charge in [-0.15, -0.1) is 0 Å². The van der Waals surface area contributed by atoms with E-state index in [1.807, 2.05) is 19.1 Å². The van der Waals surface area contributed by atoms with Crippen LogP contribution in [0.25, 0.3) is 0 Å². The summed E-state index contributed by atoms with van der Waals surface area (Å²) in [6.45, 7) is 8.56. The summed E-state index contributed by atoms with van der Waals surface area (Å²) in [5, 5.41) is 12.3. The van der Waals surface area contributed by atoms with E-state index in [4.69, 9.17) is 4.74 Å². The van der Waals surface area contributed by atoms with E-state index in [1.165, 1.54) is 0 Å². The Hall–Kier alpha value is -1.55. The van der Waals surface area contributed by atoms with Crippen LogP contribution in [0, 0.1) is 12.8 Å². The van der Waals surface area contributed by atoms with Crippen LogP contribution in [0.3, 0.4) is 0 Å². The lowest BCUT2D eigenvalue weighted by Gasteiger charge is -2.12. The lowest BCUT2D eigenvalue weighted by atomic mass is 10.1. The Kier molecular flexibility index (Phi) is 6.52. The molecule has 0 heterocycles. The van der Waals surface area contributed by atoms with E-state index < -0.39 is 6.10 Å². The molecule has 0 aliphatic heterocycles. The highest BCUT2D eigenvalue weighted by atomic mass is 16.5. The summed E-state index contributed by atoms with van der Waals surface area (Å²) in [6.07, 6.45) is 0.468. The van der Waals surface area contributed by atoms with Crippen LogP contribution in [0.1, 0.15) is 44.4 Å². The van der Waals surface area contributed by atoms with Crippen LogP contribution in [0.2, 0.25) is 0 Å². The van der Waals surface area contributed by atoms with Crippen LogP contribution >= 0.6 is 0 Å². The average Bonchev–Trinajstić information content (AvgIpc) is 2.36. The van der Waals surface area contributed by atoms with Crippen LogP contribution < -0.4 is 10.1 Å². The minimum absolute atomic E-state index is 0.0208. The number of benzene rings is 1. The summed E-state index contributed by atoms with van der Waals surface area (Å²) in [7, 11) is 0. The van der Waals surface area contributed by atoms with Crippen molar-refractivity contribution in [1.29, 1.82) is 0 Å². The average molecular weight is 279 g/mol. The highest BCUT2D eigenvalue weighted by Crippen LogP contribution is 2.22. The van der Waals surface area contributed by atoms with Crippen LogP contribution in [0.15, 0.2) is 18.2 Å². The number of amides is 1. The van der Waals surface area contributed by atoms with Gasteiger partial charge in [0.05, 0.1) is 6.10 Å². The highest BCUT2D eigenvalue weighted by molar-refractivity contribution is 5.77. The molecule has 0 unspecified atom stereocenters. The molecule has 1 rings (SSSR count). The van der Waals surface area contributed by atoms with Crippen molar-refractivity contribution in [1.82, 2.24) is 5.32 Å². The highest BCUT2D eigenvalue weighted by Gasteiger charge is 2.07. The Morgan fingerprint density at radius 1 is 1.35 bits per heavy atom. The number of carbonyl (C=O) groups is 1. The van der Waals surface area contributed by atoms with Gasteiger partial charge >= 0.3 is 0 Å². The Labute approximate surface area is 121 Å². The molecule has 4 heteroatoms. The van der Waals surface area contributed by atoms with Gasteiger partial charge < -0.3 is 15.2 Å². The molecule has 2 N–H and O–H groups in total. The molecule has 4 nitrogen and oxygen atoms in total. The maximum Gasteiger partial charge on any atom is 0.257 e. The lowest BCUT2D eigenvalue weighted by Crippen LogP contribution is -2.30. The zero-order chi connectivity index (χ0) is 15.1. The van der Waals surface area contributed by atoms with Gasteiger partial charge in [-0.3, -0.25) is 4.79 Å². The van der Waals surface area contributed by atoms with Crippen molar-refractivity contribution in [3.63, 3.8) is 0 Å². The molecule has 1 atom stereocenters. The van der Waals surface area contributed by atoms with Crippen LogP contribution in [-0.2, 0) is 4.79 Å². The van der Waals surface area contributed by atoms with Gasteiger partial charge in [-0.25, -0.2) is 0 Å². The molecule has 0 spiro atoms. The minimum atomic E-state index is -0.498. The fourth-order valence-corrected chi connectivity index (χ4v) is 1.79. The zero-order valence-electron chi connectivity index (χ0n) is 12.8. The molecule has 0 aromatic heterocycles. The molecule has 0 aliphatic rings. The van der Waals surface area contributed by atoms with Crippen LogP contribution in [0.4, 0.5) is 0 Å². The Balaban J connectivity index is 2.43. The predicted molar refractivity (Wildman–Crippen MR) is 79.8 cm³/mol. The van der Waals surface area contributed by atoms with Crippen molar-refractivity contribution < 1.29 is 14.6 Å². The van der Waals surface area contributed by atoms with E-state index in [0.29, 0.717) is 18.2 Å². The second-order valence-corrected chi connectivity index (χ2v) is 5.52. The number of hydrogen-bond acceptors (Lipinski definition) is 3. The van der Waals surface area contributed by atoms with Gasteiger partial charge in [-0.05, 0) is 49.4 Å². The smallest absolute Gasteiger partial charge is 0.257 e. The van der Waals surface area contributed by atoms with Gasteiger partial charge in [0.25, 0.3) is 5.91 Å². The summed E-state index contributed by atoms with van der Waals surface area (Å²) >= 11 is 0. The van der Waals surface area contributed by atoms with Gasteiger partial charge in [-0.2, -0.15) is 0 Å². The van der Waals surface area contributed by atoms with Crippen molar-refractivity contribution in [2.24, 2.45) is 5.92 Å². The molecule has 1 aromatic rings. The van der Waals surface area contributed by atoms with Gasteiger partial charge in [0.2, 0.25) is 0 Å². The molecule has 112 valence electrons. The van der Waals surface area contributed by atoms with Crippen molar-refractivity contribution in [2.45, 2.75) is 40.2 Å². The number of aliphatic hydroxyl groups is 1. The first-order valence-electron chi connectivity index (χ1n) is 7.08. The number of rotatable bonds is 7. The number of aryl methyl sites for hydroxylation is 1. The third kappa shape index (κ3) is 5.61. The van der Waals surface area contributed by atoms with Gasteiger partial charge in [0.1, 0.15) is 5.75 Å². The molecule has 0 aliphatic carbocycles. The topological polar surface area (TPSA) is 58.6 Å². The summed E-state index contributed by atoms with van der Waals surface area (Å²) in [6, 6.07) is 5.47. The van der Waals surface area contributed by atoms with E-state index in [2.05, 4.69) is 19.2 Å². The first kappa shape index (κ1) is 16.5. The van der Waals surface area contributed by atoms with E-state index in [0.717, 1.165) is 17.5 Å². The first-order chi connectivity index (χ1) is 9.40. The number of carbonyl (C=O) groups excluding carboxylic acids is 1. The Morgan fingerprint density at radius 3 is 2.60 bits per heavy atom. The van der Waals surface area contributed by atoms with Gasteiger partial charge in [0.15, 0.2) is 6.61 Å². The number of hydrogen-bond donors (Lipinski definition) is 2. The summed E-state index contributed by atoms with van der Waals surface area (Å²) < 4.78 is 5.50. The minimum Gasteiger partial charge on any atom is -0.484 e. The van der Waals surface area contributed by atoms with Crippen molar-refractivity contribution >= 4 is 5.91 Å². The molecular weight excluding hydrogens is 254 g/mol. The molecule has 1 amide bonds. The molecule has 0 bridgehead atoms. The Bertz CT molecular complexity index is 441. The quantitative estimate of drug-likeness (QED) is 0.806. The largest absolute Gasteiger partial charge is 0.484 e. The molecule has 0 fully saturated rings. The van der Waals surface area contributed by atoms with E-state index >= 15 is 0 Å². The number of aliphatic hydroxyl groups excluding tert-OH is 1. The standard InChI is InChI=1S/C16H25NO3/c1-11(2)7-8-17-16(19)10-20-15-6-5-14(13(4)18)9-12(15)3/h5-6,9,11,13,18H,7-8,10H2,1-4H3,(H,17,19)/t13-/m1/s1. The van der Waals surface area contributed by atoms with Crippen molar-refractivity contribution in [2.75, 3.05) is 13.2 Å². The third-order valence-electron chi connectivity index (χ3n) is 3.08. The lowest BCUT2D eigenvalue weighted by molar-refractivity contribution is -0.123. The molecule has 1 aromatic carbocycles. The normalized spacial score (nSPS) is 12.3. The van der Waals surface area contributed by atoms with Gasteiger partial charge in [-0.1, -0.05) is 19.9 Å². The summed E-state index contributed by atoms with van der Waals surface area (Å²) in [4.78, 5) is 11.6. The fourth-order valence-electron chi connectivity index (χ4n) is 1.79. The second kappa shape index (κ2) is 7.90. The summed E-state index contributed by atoms with van der Waals surface area (Å²) in [5.41, 5.74) is 1.76. The Morgan fingerprint density at radius 2 is 2.05 bits per heavy atom. The predicted octanol–water partition coefficient (Wildman–Crippen LogP) is 2.59. The van der Waals surface area contributed by atoms with Crippen LogP contribution in [0.5, 0.6) is 5.75 Å². The molecule has 0 saturated carbocycles. The van der Waals surface area contributed by atoms with Crippen LogP contribution in [-0.4, -0.2) is 24.2 Å².